The monoisotopic (exact) mass is 550 g/mol. The SMILES string of the molecule is O=S(=O)(O)c1ccccc1.[2H]C([2H])(CN1CCC(O[C@@H](c2ccc(Cl)cc2)c2ccccn2)CC1)C([2H])([2H])C(=O)O. The molecule has 1 aliphatic heterocycles. The Morgan fingerprint density at radius 3 is 2.27 bits per heavy atom. The standard InChI is InChI=1S/C21H25ClN2O3.C6H6O3S/c22-17-8-6-16(7-9-17)21(19-4-1-2-12-23-19)27-18-10-14-24(15-11-18)13-3-5-20(25)26;7-10(8,9)6-4-2-1-3-5-6/h1-2,4,6-9,12,18,21H,3,5,10-11,13-15H2,(H,25,26);1-5H,(H,7,8,9)/t21-;/m0./s1/i3D2,5D2;. The fourth-order valence-corrected chi connectivity index (χ4v) is 4.33. The lowest BCUT2D eigenvalue weighted by Crippen LogP contribution is -2.38. The van der Waals surface area contributed by atoms with Gasteiger partial charge in [-0.25, -0.2) is 0 Å². The van der Waals surface area contributed by atoms with Crippen LogP contribution in [0.5, 0.6) is 0 Å². The fraction of sp³-hybridized carbons (Fsp3) is 0.333. The van der Waals surface area contributed by atoms with Crippen LogP contribution in [0.15, 0.2) is 83.9 Å². The summed E-state index contributed by atoms with van der Waals surface area (Å²) in [5.41, 5.74) is 1.70. The van der Waals surface area contributed by atoms with E-state index in [9.17, 15) is 13.2 Å². The van der Waals surface area contributed by atoms with Crippen LogP contribution in [0.1, 0.15) is 48.4 Å². The predicted octanol–water partition coefficient (Wildman–Crippen LogP) is 5.10. The number of likely N-dealkylation sites (tertiary alicyclic amines) is 1. The molecule has 0 amide bonds. The Hall–Kier alpha value is -2.82. The molecule has 1 aliphatic rings. The molecule has 10 heteroatoms. The van der Waals surface area contributed by atoms with Crippen LogP contribution in [0.25, 0.3) is 0 Å². The second kappa shape index (κ2) is 14.2. The molecule has 4 rings (SSSR count). The van der Waals surface area contributed by atoms with Crippen LogP contribution in [0.3, 0.4) is 0 Å². The van der Waals surface area contributed by atoms with Gasteiger partial charge in [0.2, 0.25) is 0 Å². The third-order valence-corrected chi connectivity index (χ3v) is 6.65. The largest absolute Gasteiger partial charge is 0.481 e. The zero-order valence-electron chi connectivity index (χ0n) is 23.9. The van der Waals surface area contributed by atoms with Crippen molar-refractivity contribution in [2.45, 2.75) is 42.7 Å². The number of halogens is 1. The molecular formula is C27H31ClN2O6S. The third-order valence-electron chi connectivity index (χ3n) is 5.53. The molecule has 0 bridgehead atoms. The molecule has 1 saturated heterocycles. The van der Waals surface area contributed by atoms with Crippen LogP contribution in [-0.2, 0) is 19.6 Å². The number of aliphatic carboxylic acids is 1. The zero-order chi connectivity index (χ0) is 30.3. The second-order valence-electron chi connectivity index (χ2n) is 8.19. The average Bonchev–Trinajstić information content (AvgIpc) is 2.94. The summed E-state index contributed by atoms with van der Waals surface area (Å²) < 4.78 is 66.6. The topological polar surface area (TPSA) is 117 Å². The van der Waals surface area contributed by atoms with E-state index in [1.54, 1.807) is 41.4 Å². The van der Waals surface area contributed by atoms with Crippen molar-refractivity contribution >= 4 is 27.7 Å². The van der Waals surface area contributed by atoms with E-state index in [0.29, 0.717) is 31.0 Å². The smallest absolute Gasteiger partial charge is 0.303 e. The van der Waals surface area contributed by atoms with Gasteiger partial charge >= 0.3 is 5.97 Å². The van der Waals surface area contributed by atoms with E-state index in [4.69, 9.17) is 31.5 Å². The van der Waals surface area contributed by atoms with Crippen molar-refractivity contribution in [3.63, 3.8) is 0 Å². The number of ether oxygens (including phenoxy) is 1. The maximum absolute atomic E-state index is 11.1. The van der Waals surface area contributed by atoms with Crippen LogP contribution in [-0.4, -0.2) is 59.7 Å². The molecule has 8 nitrogen and oxygen atoms in total. The van der Waals surface area contributed by atoms with Crippen LogP contribution in [0, 0.1) is 0 Å². The Balaban J connectivity index is 0.000000389. The number of carbonyl (C=O) groups is 1. The number of piperidine rings is 1. The first-order valence-corrected chi connectivity index (χ1v) is 13.3. The summed E-state index contributed by atoms with van der Waals surface area (Å²) in [6.07, 6.45) is -3.00. The molecule has 1 atom stereocenters. The minimum absolute atomic E-state index is 0.0741. The highest BCUT2D eigenvalue weighted by Crippen LogP contribution is 2.29. The summed E-state index contributed by atoms with van der Waals surface area (Å²) in [5, 5.41) is 9.65. The lowest BCUT2D eigenvalue weighted by atomic mass is 10.0. The average molecular weight is 551 g/mol. The first-order chi connectivity index (χ1) is 19.2. The molecule has 0 spiro atoms. The van der Waals surface area contributed by atoms with Gasteiger partial charge in [0.25, 0.3) is 10.1 Å². The normalized spacial score (nSPS) is 17.8. The minimum Gasteiger partial charge on any atom is -0.481 e. The van der Waals surface area contributed by atoms with Crippen LogP contribution >= 0.6 is 11.6 Å². The van der Waals surface area contributed by atoms with E-state index < -0.39 is 28.8 Å². The van der Waals surface area contributed by atoms with E-state index in [1.165, 1.54) is 12.1 Å². The molecule has 0 aliphatic carbocycles. The number of aromatic nitrogens is 1. The van der Waals surface area contributed by atoms with Gasteiger partial charge in [0.15, 0.2) is 0 Å². The van der Waals surface area contributed by atoms with E-state index in [-0.39, 0.29) is 23.6 Å². The molecule has 1 aromatic heterocycles. The van der Waals surface area contributed by atoms with E-state index >= 15 is 0 Å². The van der Waals surface area contributed by atoms with Crippen molar-refractivity contribution in [3.8, 4) is 0 Å². The highest BCUT2D eigenvalue weighted by atomic mass is 35.5. The van der Waals surface area contributed by atoms with Gasteiger partial charge < -0.3 is 14.7 Å². The number of hydrogen-bond acceptors (Lipinski definition) is 6. The molecule has 0 saturated carbocycles. The second-order valence-corrected chi connectivity index (χ2v) is 10.1. The summed E-state index contributed by atoms with van der Waals surface area (Å²) in [6.45, 7) is 0.671. The Morgan fingerprint density at radius 2 is 1.73 bits per heavy atom. The zero-order valence-corrected chi connectivity index (χ0v) is 21.5. The van der Waals surface area contributed by atoms with Gasteiger partial charge in [-0.1, -0.05) is 48.0 Å². The molecule has 0 unspecified atom stereocenters. The summed E-state index contributed by atoms with van der Waals surface area (Å²) >= 11 is 6.02. The fourth-order valence-electron chi connectivity index (χ4n) is 3.70. The third kappa shape index (κ3) is 9.87. The van der Waals surface area contributed by atoms with E-state index in [0.717, 1.165) is 11.3 Å². The first kappa shape index (κ1) is 23.3. The summed E-state index contributed by atoms with van der Waals surface area (Å²) in [7, 11) is -4.00. The van der Waals surface area contributed by atoms with Crippen molar-refractivity contribution in [1.82, 2.24) is 9.88 Å². The quantitative estimate of drug-likeness (QED) is 0.353. The Kier molecular flexibility index (Phi) is 8.95. The molecule has 2 heterocycles. The number of rotatable bonds is 9. The molecule has 2 aromatic carbocycles. The van der Waals surface area contributed by atoms with Crippen LogP contribution < -0.4 is 0 Å². The van der Waals surface area contributed by atoms with E-state index in [1.807, 2.05) is 30.3 Å². The van der Waals surface area contributed by atoms with Crippen molar-refractivity contribution in [1.29, 1.82) is 0 Å². The van der Waals surface area contributed by atoms with Crippen molar-refractivity contribution in [2.75, 3.05) is 19.6 Å². The minimum atomic E-state index is -4.00. The summed E-state index contributed by atoms with van der Waals surface area (Å²) in [4.78, 5) is 17.2. The number of hydrogen-bond donors (Lipinski definition) is 2. The van der Waals surface area contributed by atoms with Gasteiger partial charge in [0, 0.05) is 36.2 Å². The number of carboxylic acids is 1. The van der Waals surface area contributed by atoms with Gasteiger partial charge in [-0.3, -0.25) is 14.3 Å². The first-order valence-electron chi connectivity index (χ1n) is 13.5. The van der Waals surface area contributed by atoms with Gasteiger partial charge in [-0.2, -0.15) is 8.42 Å². The van der Waals surface area contributed by atoms with E-state index in [2.05, 4.69) is 4.98 Å². The van der Waals surface area contributed by atoms with Gasteiger partial charge in [0.05, 0.1) is 16.7 Å². The highest BCUT2D eigenvalue weighted by Gasteiger charge is 2.25. The maximum Gasteiger partial charge on any atom is 0.303 e. The molecule has 37 heavy (non-hydrogen) atoms. The molecular weight excluding hydrogens is 516 g/mol. The predicted molar refractivity (Wildman–Crippen MR) is 141 cm³/mol. The molecule has 198 valence electrons. The van der Waals surface area contributed by atoms with Crippen LogP contribution in [0.4, 0.5) is 0 Å². The molecule has 1 fully saturated rings. The molecule has 3 aromatic rings. The van der Waals surface area contributed by atoms with Crippen LogP contribution in [0.2, 0.25) is 5.02 Å². The van der Waals surface area contributed by atoms with Gasteiger partial charge in [-0.05, 0) is 67.7 Å². The van der Waals surface area contributed by atoms with Crippen molar-refractivity contribution < 1.29 is 33.1 Å². The Bertz CT molecular complexity index is 1380. The number of carboxylic acid groups (broad SMARTS) is 1. The summed E-state index contributed by atoms with van der Waals surface area (Å²) in [5.74, 6) is -1.79. The van der Waals surface area contributed by atoms with Crippen molar-refractivity contribution in [3.05, 3.63) is 95.3 Å². The van der Waals surface area contributed by atoms with Crippen molar-refractivity contribution in [2.24, 2.45) is 0 Å². The molecule has 2 N–H and O–H groups in total. The number of nitrogens with zero attached hydrogens (tertiary/aromatic N) is 2. The maximum atomic E-state index is 11.1. The van der Waals surface area contributed by atoms with Gasteiger partial charge in [0.1, 0.15) is 6.10 Å². The highest BCUT2D eigenvalue weighted by molar-refractivity contribution is 7.85. The number of benzene rings is 2. The lowest BCUT2D eigenvalue weighted by Gasteiger charge is -2.34. The Morgan fingerprint density at radius 1 is 1.08 bits per heavy atom. The summed E-state index contributed by atoms with van der Waals surface area (Å²) in [6, 6.07) is 20.5. The Labute approximate surface area is 228 Å². The van der Waals surface area contributed by atoms with Gasteiger partial charge in [-0.15, -0.1) is 0 Å². The lowest BCUT2D eigenvalue weighted by molar-refractivity contribution is -0.137. The number of pyridine rings is 1. The molecule has 0 radical (unpaired) electrons.